The summed E-state index contributed by atoms with van der Waals surface area (Å²) in [6, 6.07) is 1.58. The molecule has 0 radical (unpaired) electrons. The van der Waals surface area contributed by atoms with Crippen LogP contribution in [0.2, 0.25) is 0 Å². The highest BCUT2D eigenvalue weighted by Gasteiger charge is 2.38. The minimum atomic E-state index is 0.532. The van der Waals surface area contributed by atoms with Gasteiger partial charge in [0.2, 0.25) is 0 Å². The van der Waals surface area contributed by atoms with Gasteiger partial charge < -0.3 is 10.1 Å². The molecule has 3 heterocycles. The van der Waals surface area contributed by atoms with E-state index in [1.165, 1.54) is 58.2 Å². The van der Waals surface area contributed by atoms with Crippen LogP contribution >= 0.6 is 0 Å². The van der Waals surface area contributed by atoms with Crippen LogP contribution in [-0.4, -0.2) is 49.3 Å². The zero-order valence-corrected chi connectivity index (χ0v) is 11.7. The molecule has 0 aliphatic carbocycles. The van der Waals surface area contributed by atoms with E-state index in [0.717, 1.165) is 24.6 Å². The second-order valence-corrected chi connectivity index (χ2v) is 6.38. The van der Waals surface area contributed by atoms with Crippen molar-refractivity contribution in [3.8, 4) is 0 Å². The molecule has 0 aromatic rings. The van der Waals surface area contributed by atoms with Crippen LogP contribution in [0.15, 0.2) is 0 Å². The third-order valence-electron chi connectivity index (χ3n) is 5.09. The van der Waals surface area contributed by atoms with Gasteiger partial charge in [-0.3, -0.25) is 4.90 Å². The lowest BCUT2D eigenvalue weighted by Gasteiger charge is -2.35. The zero-order valence-electron chi connectivity index (χ0n) is 11.7. The van der Waals surface area contributed by atoms with Gasteiger partial charge in [-0.15, -0.1) is 0 Å². The highest BCUT2D eigenvalue weighted by atomic mass is 16.5. The number of nitrogens with zero attached hydrogens (tertiary/aromatic N) is 1. The van der Waals surface area contributed by atoms with E-state index in [1.807, 2.05) is 0 Å². The molecular formula is C15H28N2O. The standard InChI is InChI=1S/C15H28N2O/c1-2-4-14-9-13(6-8-18-14)17-10-12-5-3-7-16-15(12)11-17/h12-16H,2-11H2,1H3/t12-,13?,14?,15+/m0/s1. The average molecular weight is 252 g/mol. The van der Waals surface area contributed by atoms with E-state index in [1.54, 1.807) is 0 Å². The number of hydrogen-bond acceptors (Lipinski definition) is 3. The van der Waals surface area contributed by atoms with Crippen LogP contribution in [0.3, 0.4) is 0 Å². The third-order valence-corrected chi connectivity index (χ3v) is 5.09. The van der Waals surface area contributed by atoms with Crippen molar-refractivity contribution in [2.75, 3.05) is 26.2 Å². The van der Waals surface area contributed by atoms with Crippen molar-refractivity contribution in [1.82, 2.24) is 10.2 Å². The molecule has 0 bridgehead atoms. The fraction of sp³-hybridized carbons (Fsp3) is 1.00. The van der Waals surface area contributed by atoms with Crippen LogP contribution in [0.25, 0.3) is 0 Å². The van der Waals surface area contributed by atoms with Crippen molar-refractivity contribution in [3.05, 3.63) is 0 Å². The first-order chi connectivity index (χ1) is 8.86. The van der Waals surface area contributed by atoms with Gasteiger partial charge in [0.05, 0.1) is 6.10 Å². The van der Waals surface area contributed by atoms with Crippen LogP contribution in [-0.2, 0) is 4.74 Å². The summed E-state index contributed by atoms with van der Waals surface area (Å²) in [5, 5.41) is 3.71. The maximum Gasteiger partial charge on any atom is 0.0590 e. The monoisotopic (exact) mass is 252 g/mol. The SMILES string of the molecule is CCCC1CC(N2C[C@@H]3CCCN[C@@H]3C2)CCO1. The first kappa shape index (κ1) is 12.9. The Morgan fingerprint density at radius 2 is 2.22 bits per heavy atom. The van der Waals surface area contributed by atoms with E-state index in [9.17, 15) is 0 Å². The Labute approximate surface area is 111 Å². The fourth-order valence-electron chi connectivity index (χ4n) is 4.09. The number of ether oxygens (including phenoxy) is 1. The van der Waals surface area contributed by atoms with Crippen molar-refractivity contribution < 1.29 is 4.74 Å². The van der Waals surface area contributed by atoms with Crippen LogP contribution in [0.1, 0.15) is 45.4 Å². The summed E-state index contributed by atoms with van der Waals surface area (Å²) >= 11 is 0. The Hall–Kier alpha value is -0.120. The number of rotatable bonds is 3. The number of fused-ring (bicyclic) bond motifs is 1. The molecule has 18 heavy (non-hydrogen) atoms. The smallest absolute Gasteiger partial charge is 0.0590 e. The lowest BCUT2D eigenvalue weighted by molar-refractivity contribution is -0.0270. The van der Waals surface area contributed by atoms with E-state index < -0.39 is 0 Å². The molecule has 0 spiro atoms. The summed E-state index contributed by atoms with van der Waals surface area (Å²) in [4.78, 5) is 2.76. The van der Waals surface area contributed by atoms with E-state index in [-0.39, 0.29) is 0 Å². The molecule has 2 unspecified atom stereocenters. The minimum absolute atomic E-state index is 0.532. The molecule has 3 nitrogen and oxygen atoms in total. The normalized spacial score (nSPS) is 41.8. The Bertz CT molecular complexity index is 255. The van der Waals surface area contributed by atoms with Crippen molar-refractivity contribution in [3.63, 3.8) is 0 Å². The molecule has 3 aliphatic rings. The molecule has 104 valence electrons. The van der Waals surface area contributed by atoms with Crippen molar-refractivity contribution in [2.45, 2.75) is 63.6 Å². The number of hydrogen-bond donors (Lipinski definition) is 1. The molecule has 0 amide bonds. The van der Waals surface area contributed by atoms with Gasteiger partial charge in [-0.2, -0.15) is 0 Å². The molecule has 4 atom stereocenters. The van der Waals surface area contributed by atoms with E-state index >= 15 is 0 Å². The summed E-state index contributed by atoms with van der Waals surface area (Å²) in [5.74, 6) is 0.922. The first-order valence-electron chi connectivity index (χ1n) is 7.96. The lowest BCUT2D eigenvalue weighted by atomic mass is 9.94. The van der Waals surface area contributed by atoms with E-state index in [2.05, 4.69) is 17.1 Å². The first-order valence-corrected chi connectivity index (χ1v) is 7.96. The highest BCUT2D eigenvalue weighted by molar-refractivity contribution is 4.95. The van der Waals surface area contributed by atoms with Crippen molar-refractivity contribution in [2.24, 2.45) is 5.92 Å². The molecular weight excluding hydrogens is 224 g/mol. The average Bonchev–Trinajstić information content (AvgIpc) is 2.83. The summed E-state index contributed by atoms with van der Waals surface area (Å²) in [6.07, 6.45) is 8.37. The van der Waals surface area contributed by atoms with Gasteiger partial charge >= 0.3 is 0 Å². The molecule has 3 saturated heterocycles. The molecule has 3 heteroatoms. The molecule has 3 rings (SSSR count). The number of nitrogens with one attached hydrogen (secondary N) is 1. The summed E-state index contributed by atoms with van der Waals surface area (Å²) in [6.45, 7) is 7.10. The Morgan fingerprint density at radius 1 is 1.28 bits per heavy atom. The fourth-order valence-corrected chi connectivity index (χ4v) is 4.09. The second kappa shape index (κ2) is 5.89. The topological polar surface area (TPSA) is 24.5 Å². The maximum atomic E-state index is 5.88. The van der Waals surface area contributed by atoms with Gasteiger partial charge in [0.1, 0.15) is 0 Å². The van der Waals surface area contributed by atoms with Crippen LogP contribution in [0.4, 0.5) is 0 Å². The van der Waals surface area contributed by atoms with Crippen LogP contribution < -0.4 is 5.32 Å². The molecule has 3 fully saturated rings. The minimum Gasteiger partial charge on any atom is -0.378 e. The molecule has 1 N–H and O–H groups in total. The van der Waals surface area contributed by atoms with Gasteiger partial charge in [-0.1, -0.05) is 13.3 Å². The lowest BCUT2D eigenvalue weighted by Crippen LogP contribution is -2.43. The van der Waals surface area contributed by atoms with Crippen molar-refractivity contribution in [1.29, 1.82) is 0 Å². The van der Waals surface area contributed by atoms with Gasteiger partial charge in [-0.05, 0) is 44.6 Å². The number of piperidine rings is 1. The zero-order chi connectivity index (χ0) is 12.4. The molecule has 3 aliphatic heterocycles. The Kier molecular flexibility index (Phi) is 4.22. The van der Waals surface area contributed by atoms with Crippen LogP contribution in [0.5, 0.6) is 0 Å². The maximum absolute atomic E-state index is 5.88. The van der Waals surface area contributed by atoms with Gasteiger partial charge in [-0.25, -0.2) is 0 Å². The van der Waals surface area contributed by atoms with Crippen molar-refractivity contribution >= 4 is 0 Å². The largest absolute Gasteiger partial charge is 0.378 e. The summed E-state index contributed by atoms with van der Waals surface area (Å²) in [7, 11) is 0. The molecule has 0 saturated carbocycles. The summed E-state index contributed by atoms with van der Waals surface area (Å²) < 4.78 is 5.88. The third kappa shape index (κ3) is 2.73. The Balaban J connectivity index is 1.55. The number of likely N-dealkylation sites (tertiary alicyclic amines) is 1. The summed E-state index contributed by atoms with van der Waals surface area (Å²) in [5.41, 5.74) is 0. The van der Waals surface area contributed by atoms with Gasteiger partial charge in [0.25, 0.3) is 0 Å². The molecule has 0 aromatic carbocycles. The predicted molar refractivity (Wildman–Crippen MR) is 73.8 cm³/mol. The predicted octanol–water partition coefficient (Wildman–Crippen LogP) is 2.02. The highest BCUT2D eigenvalue weighted by Crippen LogP contribution is 2.30. The van der Waals surface area contributed by atoms with Gasteiger partial charge in [0.15, 0.2) is 0 Å². The van der Waals surface area contributed by atoms with Gasteiger partial charge in [0, 0.05) is 31.8 Å². The molecule has 0 aromatic heterocycles. The quantitative estimate of drug-likeness (QED) is 0.831. The van der Waals surface area contributed by atoms with Crippen LogP contribution in [0, 0.1) is 5.92 Å². The Morgan fingerprint density at radius 3 is 3.06 bits per heavy atom. The van der Waals surface area contributed by atoms with E-state index in [0.29, 0.717) is 6.10 Å². The second-order valence-electron chi connectivity index (χ2n) is 6.38. The van der Waals surface area contributed by atoms with E-state index in [4.69, 9.17) is 4.74 Å².